The molecule has 0 radical (unpaired) electrons. The molecule has 4 nitrogen and oxygen atoms in total. The zero-order valence-corrected chi connectivity index (χ0v) is 15.3. The zero-order chi connectivity index (χ0) is 17.3. The van der Waals surface area contributed by atoms with Gasteiger partial charge in [0, 0.05) is 13.3 Å². The highest BCUT2D eigenvalue weighted by atomic mass is 16.5. The maximum absolute atomic E-state index is 10.6. The van der Waals surface area contributed by atoms with Crippen molar-refractivity contribution >= 4 is 5.97 Å². The van der Waals surface area contributed by atoms with E-state index in [0.29, 0.717) is 6.42 Å². The monoisotopic (exact) mass is 330 g/mol. The normalized spacial score (nSPS) is 13.7. The summed E-state index contributed by atoms with van der Waals surface area (Å²) in [7, 11) is 0. The summed E-state index contributed by atoms with van der Waals surface area (Å²) in [6.07, 6.45) is 13.9. The van der Waals surface area contributed by atoms with Crippen molar-refractivity contribution in [3.63, 3.8) is 0 Å². The van der Waals surface area contributed by atoms with Gasteiger partial charge in [0.2, 0.25) is 0 Å². The lowest BCUT2D eigenvalue weighted by molar-refractivity contribution is -0.144. The minimum absolute atomic E-state index is 0.0232. The van der Waals surface area contributed by atoms with E-state index in [0.717, 1.165) is 12.8 Å². The van der Waals surface area contributed by atoms with Crippen LogP contribution in [-0.4, -0.2) is 35.0 Å². The molecule has 0 aliphatic heterocycles. The molecule has 4 heteroatoms. The molecule has 0 amide bonds. The van der Waals surface area contributed by atoms with E-state index in [1.165, 1.54) is 64.7 Å². The Kier molecular flexibility index (Phi) is 15.8. The van der Waals surface area contributed by atoms with Crippen LogP contribution in [-0.2, 0) is 9.53 Å². The predicted molar refractivity (Wildman–Crippen MR) is 94.3 cm³/mol. The van der Waals surface area contributed by atoms with Crippen LogP contribution in [0.25, 0.3) is 0 Å². The Morgan fingerprint density at radius 3 is 1.78 bits per heavy atom. The van der Waals surface area contributed by atoms with E-state index >= 15 is 0 Å². The number of aliphatic hydroxyl groups excluding tert-OH is 2. The van der Waals surface area contributed by atoms with E-state index in [2.05, 4.69) is 6.92 Å². The van der Waals surface area contributed by atoms with Crippen LogP contribution in [0.2, 0.25) is 0 Å². The molecular weight excluding hydrogens is 292 g/mol. The number of aliphatic hydroxyl groups is 2. The second-order valence-electron chi connectivity index (χ2n) is 6.67. The summed E-state index contributed by atoms with van der Waals surface area (Å²) in [6.45, 7) is 3.54. The van der Waals surface area contributed by atoms with Gasteiger partial charge in [0.25, 0.3) is 0 Å². The number of carbonyl (C=O) groups excluding carboxylic acids is 1. The Hall–Kier alpha value is -0.610. The quantitative estimate of drug-likeness (QED) is 0.326. The molecule has 2 atom stereocenters. The number of rotatable bonds is 16. The van der Waals surface area contributed by atoms with Gasteiger partial charge in [-0.1, -0.05) is 77.6 Å². The summed E-state index contributed by atoms with van der Waals surface area (Å²) in [6, 6.07) is 0. The van der Waals surface area contributed by atoms with Gasteiger partial charge in [0.05, 0.1) is 12.2 Å². The predicted octanol–water partition coefficient (Wildman–Crippen LogP) is 4.36. The second-order valence-corrected chi connectivity index (χ2v) is 6.67. The fraction of sp³-hybridized carbons (Fsp3) is 0.947. The summed E-state index contributed by atoms with van der Waals surface area (Å²) < 4.78 is 4.72. The fourth-order valence-corrected chi connectivity index (χ4v) is 2.76. The summed E-state index contributed by atoms with van der Waals surface area (Å²) >= 11 is 0. The molecule has 2 N–H and O–H groups in total. The highest BCUT2D eigenvalue weighted by molar-refractivity contribution is 5.65. The minimum Gasteiger partial charge on any atom is -0.463 e. The number of ether oxygens (including phenoxy) is 1. The Morgan fingerprint density at radius 2 is 1.30 bits per heavy atom. The minimum atomic E-state index is -0.762. The van der Waals surface area contributed by atoms with E-state index in [9.17, 15) is 15.0 Å². The molecule has 0 aromatic carbocycles. The molecule has 0 rings (SSSR count). The van der Waals surface area contributed by atoms with Gasteiger partial charge in [0.15, 0.2) is 0 Å². The Morgan fingerprint density at radius 1 is 0.826 bits per heavy atom. The van der Waals surface area contributed by atoms with Crippen LogP contribution < -0.4 is 0 Å². The maximum Gasteiger partial charge on any atom is 0.302 e. The molecule has 0 saturated carbocycles. The molecule has 0 fully saturated rings. The largest absolute Gasteiger partial charge is 0.463 e. The third-order valence-electron chi connectivity index (χ3n) is 4.16. The van der Waals surface area contributed by atoms with Crippen LogP contribution >= 0.6 is 0 Å². The summed E-state index contributed by atoms with van der Waals surface area (Å²) in [5.41, 5.74) is 0. The van der Waals surface area contributed by atoms with Crippen LogP contribution in [0.1, 0.15) is 97.3 Å². The SMILES string of the molecule is CCCCCCCCCCCCC[C@H](O)CC(O)COC(C)=O. The molecule has 0 aromatic heterocycles. The first-order chi connectivity index (χ1) is 11.1. The van der Waals surface area contributed by atoms with Gasteiger partial charge >= 0.3 is 5.97 Å². The number of unbranched alkanes of at least 4 members (excludes halogenated alkanes) is 10. The third kappa shape index (κ3) is 17.6. The molecule has 1 unspecified atom stereocenters. The summed E-state index contributed by atoms with van der Waals surface area (Å²) in [5, 5.41) is 19.4. The van der Waals surface area contributed by atoms with Gasteiger partial charge in [-0.3, -0.25) is 4.79 Å². The van der Waals surface area contributed by atoms with Gasteiger partial charge in [-0.05, 0) is 6.42 Å². The highest BCUT2D eigenvalue weighted by Gasteiger charge is 2.12. The van der Waals surface area contributed by atoms with Crippen LogP contribution in [0.4, 0.5) is 0 Å². The summed E-state index contributed by atoms with van der Waals surface area (Å²) in [5.74, 6) is -0.399. The topological polar surface area (TPSA) is 66.8 Å². The van der Waals surface area contributed by atoms with Crippen LogP contribution in [0.5, 0.6) is 0 Å². The second kappa shape index (κ2) is 16.3. The molecule has 0 spiro atoms. The number of hydrogen-bond donors (Lipinski definition) is 2. The van der Waals surface area contributed by atoms with Gasteiger partial charge in [0.1, 0.15) is 6.61 Å². The van der Waals surface area contributed by atoms with Crippen LogP contribution in [0.3, 0.4) is 0 Å². The van der Waals surface area contributed by atoms with Crippen LogP contribution in [0.15, 0.2) is 0 Å². The van der Waals surface area contributed by atoms with E-state index in [1.54, 1.807) is 0 Å². The maximum atomic E-state index is 10.6. The first-order valence-corrected chi connectivity index (χ1v) is 9.55. The van der Waals surface area contributed by atoms with Crippen molar-refractivity contribution in [2.45, 2.75) is 110 Å². The first kappa shape index (κ1) is 22.4. The Labute approximate surface area is 142 Å². The Balaban J connectivity index is 3.29. The van der Waals surface area contributed by atoms with Gasteiger partial charge in [-0.25, -0.2) is 0 Å². The summed E-state index contributed by atoms with van der Waals surface area (Å²) in [4.78, 5) is 10.6. The van der Waals surface area contributed by atoms with Gasteiger partial charge < -0.3 is 14.9 Å². The average molecular weight is 331 g/mol. The van der Waals surface area contributed by atoms with Crippen LogP contribution in [0, 0.1) is 0 Å². The third-order valence-corrected chi connectivity index (χ3v) is 4.16. The lowest BCUT2D eigenvalue weighted by atomic mass is 10.0. The first-order valence-electron chi connectivity index (χ1n) is 9.55. The molecule has 0 heterocycles. The van der Waals surface area contributed by atoms with Gasteiger partial charge in [-0.15, -0.1) is 0 Å². The van der Waals surface area contributed by atoms with Crippen molar-refractivity contribution in [1.82, 2.24) is 0 Å². The van der Waals surface area contributed by atoms with Crippen molar-refractivity contribution in [1.29, 1.82) is 0 Å². The molecule has 0 aliphatic rings. The molecule has 23 heavy (non-hydrogen) atoms. The molecule has 0 saturated heterocycles. The van der Waals surface area contributed by atoms with Crippen molar-refractivity contribution in [2.75, 3.05) is 6.61 Å². The van der Waals surface area contributed by atoms with E-state index in [4.69, 9.17) is 4.74 Å². The lowest BCUT2D eigenvalue weighted by Gasteiger charge is -2.15. The Bertz CT molecular complexity index is 268. The number of hydrogen-bond acceptors (Lipinski definition) is 4. The molecular formula is C19H38O4. The van der Waals surface area contributed by atoms with Crippen molar-refractivity contribution in [3.05, 3.63) is 0 Å². The molecule has 0 bridgehead atoms. The van der Waals surface area contributed by atoms with E-state index < -0.39 is 18.2 Å². The molecule has 138 valence electrons. The zero-order valence-electron chi connectivity index (χ0n) is 15.3. The van der Waals surface area contributed by atoms with Crippen molar-refractivity contribution < 1.29 is 19.7 Å². The molecule has 0 aliphatic carbocycles. The lowest BCUT2D eigenvalue weighted by Crippen LogP contribution is -2.23. The van der Waals surface area contributed by atoms with Crippen molar-refractivity contribution in [3.8, 4) is 0 Å². The van der Waals surface area contributed by atoms with E-state index in [-0.39, 0.29) is 13.0 Å². The van der Waals surface area contributed by atoms with Gasteiger partial charge in [-0.2, -0.15) is 0 Å². The van der Waals surface area contributed by atoms with E-state index in [1.807, 2.05) is 0 Å². The van der Waals surface area contributed by atoms with Crippen molar-refractivity contribution in [2.24, 2.45) is 0 Å². The smallest absolute Gasteiger partial charge is 0.302 e. The fourth-order valence-electron chi connectivity index (χ4n) is 2.76. The highest BCUT2D eigenvalue weighted by Crippen LogP contribution is 2.13. The standard InChI is InChI=1S/C19H38O4/c1-3-4-5-6-7-8-9-10-11-12-13-14-18(21)15-19(22)16-23-17(2)20/h18-19,21-22H,3-16H2,1-2H3/t18-,19?/m0/s1. The number of esters is 1. The number of carbonyl (C=O) groups is 1. The average Bonchev–Trinajstić information content (AvgIpc) is 2.50. The molecule has 0 aromatic rings.